The normalized spacial score (nSPS) is 17.8. The molecule has 24 heavy (non-hydrogen) atoms. The van der Waals surface area contributed by atoms with Gasteiger partial charge in [0, 0.05) is 17.1 Å². The van der Waals surface area contributed by atoms with Crippen molar-refractivity contribution in [3.05, 3.63) is 44.4 Å². The fourth-order valence-electron chi connectivity index (χ4n) is 2.77. The predicted molar refractivity (Wildman–Crippen MR) is 96.2 cm³/mol. The van der Waals surface area contributed by atoms with Gasteiger partial charge in [-0.1, -0.05) is 12.1 Å². The standard InChI is InChI=1S/C17H20N2O3S2/c1-11-15(24-17(23)18-11)9-16(20)19-6-7-22-14(10-19)12-4-3-5-13(8-12)21-2/h3-5,8,14H,6-7,9-10H2,1-2H3,(H,18,23)/t14-/m1/s1. The van der Waals surface area contributed by atoms with Crippen LogP contribution in [-0.4, -0.2) is 42.6 Å². The molecule has 1 saturated heterocycles. The Morgan fingerprint density at radius 2 is 2.38 bits per heavy atom. The molecule has 1 aliphatic heterocycles. The second kappa shape index (κ2) is 7.46. The predicted octanol–water partition coefficient (Wildman–Crippen LogP) is 3.27. The molecule has 0 unspecified atom stereocenters. The number of methoxy groups -OCH3 is 1. The van der Waals surface area contributed by atoms with Gasteiger partial charge < -0.3 is 19.4 Å². The molecule has 0 aliphatic carbocycles. The first-order valence-electron chi connectivity index (χ1n) is 7.78. The molecule has 2 heterocycles. The Labute approximate surface area is 150 Å². The molecule has 5 nitrogen and oxygen atoms in total. The SMILES string of the molecule is COc1cccc([C@H]2CN(C(=O)Cc3sc(=S)[nH]c3C)CCO2)c1. The molecule has 128 valence electrons. The molecule has 1 amide bonds. The summed E-state index contributed by atoms with van der Waals surface area (Å²) < 4.78 is 11.8. The molecule has 0 bridgehead atoms. The number of carbonyl (C=O) groups excluding carboxylic acids is 1. The van der Waals surface area contributed by atoms with E-state index in [1.165, 1.54) is 11.3 Å². The second-order valence-electron chi connectivity index (χ2n) is 5.72. The Hall–Kier alpha value is -1.70. The first-order valence-corrected chi connectivity index (χ1v) is 9.01. The van der Waals surface area contributed by atoms with Gasteiger partial charge >= 0.3 is 0 Å². The molecule has 0 spiro atoms. The molecule has 2 aromatic rings. The van der Waals surface area contributed by atoms with Gasteiger partial charge in [0.1, 0.15) is 11.9 Å². The van der Waals surface area contributed by atoms with E-state index in [9.17, 15) is 4.79 Å². The molecule has 1 N–H and O–H groups in total. The van der Waals surface area contributed by atoms with Crippen molar-refractivity contribution in [1.82, 2.24) is 9.88 Å². The number of morpholine rings is 1. The van der Waals surface area contributed by atoms with Gasteiger partial charge in [-0.3, -0.25) is 4.79 Å². The van der Waals surface area contributed by atoms with Crippen molar-refractivity contribution in [2.75, 3.05) is 26.8 Å². The van der Waals surface area contributed by atoms with Gasteiger partial charge in [0.15, 0.2) is 3.95 Å². The van der Waals surface area contributed by atoms with Crippen molar-refractivity contribution < 1.29 is 14.3 Å². The maximum Gasteiger partial charge on any atom is 0.228 e. The van der Waals surface area contributed by atoms with E-state index in [-0.39, 0.29) is 12.0 Å². The number of nitrogens with one attached hydrogen (secondary N) is 1. The number of hydrogen-bond donors (Lipinski definition) is 1. The molecule has 1 fully saturated rings. The van der Waals surface area contributed by atoms with E-state index in [4.69, 9.17) is 21.7 Å². The van der Waals surface area contributed by atoms with Crippen LogP contribution in [-0.2, 0) is 16.0 Å². The zero-order valence-electron chi connectivity index (χ0n) is 13.7. The monoisotopic (exact) mass is 364 g/mol. The summed E-state index contributed by atoms with van der Waals surface area (Å²) in [5, 5.41) is 0. The quantitative estimate of drug-likeness (QED) is 0.846. The van der Waals surface area contributed by atoms with Crippen LogP contribution in [0.3, 0.4) is 0 Å². The molecule has 3 rings (SSSR count). The van der Waals surface area contributed by atoms with Gasteiger partial charge in [-0.2, -0.15) is 0 Å². The van der Waals surface area contributed by atoms with Gasteiger partial charge in [-0.15, -0.1) is 11.3 Å². The zero-order chi connectivity index (χ0) is 17.1. The van der Waals surface area contributed by atoms with Crippen LogP contribution in [0.2, 0.25) is 0 Å². The van der Waals surface area contributed by atoms with E-state index in [2.05, 4.69) is 4.98 Å². The molecular weight excluding hydrogens is 344 g/mol. The molecule has 1 aromatic heterocycles. The van der Waals surface area contributed by atoms with Crippen LogP contribution in [0.4, 0.5) is 0 Å². The molecule has 1 atom stereocenters. The highest BCUT2D eigenvalue weighted by atomic mass is 32.1. The maximum absolute atomic E-state index is 12.6. The van der Waals surface area contributed by atoms with Gasteiger partial charge in [0.25, 0.3) is 0 Å². The van der Waals surface area contributed by atoms with E-state index in [0.29, 0.717) is 30.1 Å². The lowest BCUT2D eigenvalue weighted by atomic mass is 10.1. The number of H-pyrrole nitrogens is 1. The Morgan fingerprint density at radius 1 is 1.54 bits per heavy atom. The number of carbonyl (C=O) groups is 1. The lowest BCUT2D eigenvalue weighted by Gasteiger charge is -2.33. The molecule has 1 aromatic carbocycles. The van der Waals surface area contributed by atoms with Crippen LogP contribution in [0.1, 0.15) is 22.2 Å². The topological polar surface area (TPSA) is 54.6 Å². The molecular formula is C17H20N2O3S2. The van der Waals surface area contributed by atoms with Crippen molar-refractivity contribution in [3.63, 3.8) is 0 Å². The summed E-state index contributed by atoms with van der Waals surface area (Å²) in [7, 11) is 1.64. The fraction of sp³-hybridized carbons (Fsp3) is 0.412. The third-order valence-electron chi connectivity index (χ3n) is 4.12. The highest BCUT2D eigenvalue weighted by Gasteiger charge is 2.26. The Bertz CT molecular complexity index is 784. The summed E-state index contributed by atoms with van der Waals surface area (Å²) in [6, 6.07) is 7.80. The van der Waals surface area contributed by atoms with Crippen LogP contribution in [0.5, 0.6) is 5.75 Å². The van der Waals surface area contributed by atoms with Gasteiger partial charge in [0.05, 0.1) is 26.7 Å². The lowest BCUT2D eigenvalue weighted by Crippen LogP contribution is -2.42. The Morgan fingerprint density at radius 3 is 3.08 bits per heavy atom. The van der Waals surface area contributed by atoms with Crippen LogP contribution in [0, 0.1) is 10.9 Å². The van der Waals surface area contributed by atoms with Crippen LogP contribution in [0.25, 0.3) is 0 Å². The highest BCUT2D eigenvalue weighted by Crippen LogP contribution is 2.26. The maximum atomic E-state index is 12.6. The van der Waals surface area contributed by atoms with Crippen molar-refractivity contribution in [3.8, 4) is 5.75 Å². The Balaban J connectivity index is 1.69. The summed E-state index contributed by atoms with van der Waals surface area (Å²) >= 11 is 6.61. The number of benzene rings is 1. The number of aryl methyl sites for hydroxylation is 1. The number of nitrogens with zero attached hydrogens (tertiary/aromatic N) is 1. The molecule has 0 radical (unpaired) electrons. The summed E-state index contributed by atoms with van der Waals surface area (Å²) in [5.41, 5.74) is 2.01. The minimum Gasteiger partial charge on any atom is -0.497 e. The number of thiazole rings is 1. The number of aromatic nitrogens is 1. The fourth-order valence-corrected chi connectivity index (χ4v) is 4.06. The third-order valence-corrected chi connectivity index (χ3v) is 5.46. The smallest absolute Gasteiger partial charge is 0.228 e. The number of amides is 1. The number of rotatable bonds is 4. The van der Waals surface area contributed by atoms with Crippen molar-refractivity contribution in [2.45, 2.75) is 19.4 Å². The van der Waals surface area contributed by atoms with Crippen molar-refractivity contribution >= 4 is 29.5 Å². The van der Waals surface area contributed by atoms with E-state index >= 15 is 0 Å². The molecule has 1 aliphatic rings. The zero-order valence-corrected chi connectivity index (χ0v) is 15.3. The van der Waals surface area contributed by atoms with Crippen LogP contribution < -0.4 is 4.74 Å². The first kappa shape index (κ1) is 17.1. The van der Waals surface area contributed by atoms with Crippen LogP contribution >= 0.6 is 23.6 Å². The van der Waals surface area contributed by atoms with E-state index in [0.717, 1.165) is 21.9 Å². The number of aromatic amines is 1. The lowest BCUT2D eigenvalue weighted by molar-refractivity contribution is -0.138. The van der Waals surface area contributed by atoms with E-state index in [1.54, 1.807) is 7.11 Å². The summed E-state index contributed by atoms with van der Waals surface area (Å²) in [6.07, 6.45) is 0.261. The molecule has 7 heteroatoms. The van der Waals surface area contributed by atoms with Crippen molar-refractivity contribution in [1.29, 1.82) is 0 Å². The highest BCUT2D eigenvalue weighted by molar-refractivity contribution is 7.73. The number of ether oxygens (including phenoxy) is 2. The summed E-state index contributed by atoms with van der Waals surface area (Å²) in [5.74, 6) is 0.904. The van der Waals surface area contributed by atoms with Gasteiger partial charge in [0.2, 0.25) is 5.91 Å². The van der Waals surface area contributed by atoms with Gasteiger partial charge in [-0.05, 0) is 36.8 Å². The third kappa shape index (κ3) is 3.85. The van der Waals surface area contributed by atoms with Gasteiger partial charge in [-0.25, -0.2) is 0 Å². The average molecular weight is 364 g/mol. The first-order chi connectivity index (χ1) is 11.6. The van der Waals surface area contributed by atoms with Crippen LogP contribution in [0.15, 0.2) is 24.3 Å². The number of hydrogen-bond acceptors (Lipinski definition) is 5. The largest absolute Gasteiger partial charge is 0.497 e. The van der Waals surface area contributed by atoms with E-state index in [1.807, 2.05) is 36.1 Å². The minimum absolute atomic E-state index is 0.111. The average Bonchev–Trinajstić information content (AvgIpc) is 2.92. The Kier molecular flexibility index (Phi) is 5.33. The van der Waals surface area contributed by atoms with Crippen molar-refractivity contribution in [2.24, 2.45) is 0 Å². The van der Waals surface area contributed by atoms with E-state index < -0.39 is 0 Å². The molecule has 0 saturated carbocycles. The summed E-state index contributed by atoms with van der Waals surface area (Å²) in [6.45, 7) is 3.66. The minimum atomic E-state index is -0.122. The second-order valence-corrected chi connectivity index (χ2v) is 7.49. The summed E-state index contributed by atoms with van der Waals surface area (Å²) in [4.78, 5) is 18.6.